The third kappa shape index (κ3) is 5.29. The second kappa shape index (κ2) is 8.80. The quantitative estimate of drug-likeness (QED) is 0.493. The van der Waals surface area contributed by atoms with E-state index in [0.717, 1.165) is 0 Å². The fraction of sp³-hybridized carbons (Fsp3) is 0.316. The summed E-state index contributed by atoms with van der Waals surface area (Å²) < 4.78 is 44.5. The van der Waals surface area contributed by atoms with E-state index < -0.39 is 10.0 Å². The molecule has 0 N–H and O–H groups in total. The number of rotatable bonds is 9. The van der Waals surface area contributed by atoms with E-state index in [4.69, 9.17) is 4.74 Å². The van der Waals surface area contributed by atoms with E-state index in [9.17, 15) is 17.6 Å². The average Bonchev–Trinajstić information content (AvgIpc) is 2.63. The predicted molar refractivity (Wildman–Crippen MR) is 99.8 cm³/mol. The summed E-state index contributed by atoms with van der Waals surface area (Å²) in [5.41, 5.74) is 1.04. The number of carbonyl (C=O) groups excluding carboxylic acids is 1. The highest BCUT2D eigenvalue weighted by molar-refractivity contribution is 7.92. The first-order chi connectivity index (χ1) is 12.3. The van der Waals surface area contributed by atoms with E-state index in [1.807, 2.05) is 0 Å². The first-order valence-corrected chi connectivity index (χ1v) is 9.94. The molecule has 0 radical (unpaired) electrons. The molecule has 0 aliphatic heterocycles. The van der Waals surface area contributed by atoms with E-state index in [2.05, 4.69) is 0 Å². The number of hydrogen-bond donors (Lipinski definition) is 0. The van der Waals surface area contributed by atoms with Crippen molar-refractivity contribution in [3.63, 3.8) is 0 Å². The molecule has 0 spiro atoms. The Kier molecular flexibility index (Phi) is 6.74. The van der Waals surface area contributed by atoms with Crippen molar-refractivity contribution in [2.75, 3.05) is 23.2 Å². The van der Waals surface area contributed by atoms with Gasteiger partial charge in [0.05, 0.1) is 18.0 Å². The molecule has 0 bridgehead atoms. The molecule has 140 valence electrons. The van der Waals surface area contributed by atoms with Gasteiger partial charge < -0.3 is 4.74 Å². The fourth-order valence-electron chi connectivity index (χ4n) is 2.38. The van der Waals surface area contributed by atoms with Gasteiger partial charge in [0.1, 0.15) is 11.6 Å². The standard InChI is InChI=1S/C19H22FNO4S/c1-3-26(23,24)21(18-9-5-16(6-10-18)15(2)22)13-4-14-25-19-11-7-17(20)8-12-19/h5-12H,3-4,13-14H2,1-2H3. The summed E-state index contributed by atoms with van der Waals surface area (Å²) in [6.07, 6.45) is 0.463. The Labute approximate surface area is 153 Å². The Morgan fingerprint density at radius 1 is 1.08 bits per heavy atom. The maximum atomic E-state index is 12.9. The van der Waals surface area contributed by atoms with Crippen LogP contribution in [0.2, 0.25) is 0 Å². The van der Waals surface area contributed by atoms with Gasteiger partial charge in [0, 0.05) is 18.5 Å². The maximum absolute atomic E-state index is 12.9. The zero-order chi connectivity index (χ0) is 19.2. The lowest BCUT2D eigenvalue weighted by atomic mass is 10.1. The molecule has 0 aliphatic rings. The van der Waals surface area contributed by atoms with Gasteiger partial charge in [-0.2, -0.15) is 0 Å². The molecular weight excluding hydrogens is 357 g/mol. The molecular formula is C19H22FNO4S. The van der Waals surface area contributed by atoms with Gasteiger partial charge in [0.2, 0.25) is 10.0 Å². The molecule has 0 heterocycles. The summed E-state index contributed by atoms with van der Waals surface area (Å²) in [6.45, 7) is 3.59. The van der Waals surface area contributed by atoms with Crippen molar-refractivity contribution < 1.29 is 22.3 Å². The minimum atomic E-state index is -3.45. The molecule has 0 saturated carbocycles. The van der Waals surface area contributed by atoms with Crippen molar-refractivity contribution in [3.8, 4) is 5.75 Å². The van der Waals surface area contributed by atoms with Crippen LogP contribution in [0.3, 0.4) is 0 Å². The third-order valence-electron chi connectivity index (χ3n) is 3.85. The van der Waals surface area contributed by atoms with Crippen LogP contribution in [0, 0.1) is 5.82 Å². The van der Waals surface area contributed by atoms with Crippen molar-refractivity contribution in [1.29, 1.82) is 0 Å². The number of ether oxygens (including phenoxy) is 1. The highest BCUT2D eigenvalue weighted by atomic mass is 32.2. The topological polar surface area (TPSA) is 63.7 Å². The maximum Gasteiger partial charge on any atom is 0.234 e. The second-order valence-electron chi connectivity index (χ2n) is 5.73. The SMILES string of the molecule is CCS(=O)(=O)N(CCCOc1ccc(F)cc1)c1ccc(C(C)=O)cc1. The lowest BCUT2D eigenvalue weighted by Crippen LogP contribution is -2.34. The fourth-order valence-corrected chi connectivity index (χ4v) is 3.54. The van der Waals surface area contributed by atoms with Gasteiger partial charge in [-0.25, -0.2) is 12.8 Å². The number of hydrogen-bond acceptors (Lipinski definition) is 4. The van der Waals surface area contributed by atoms with E-state index >= 15 is 0 Å². The van der Waals surface area contributed by atoms with Crippen LogP contribution >= 0.6 is 0 Å². The summed E-state index contributed by atoms with van der Waals surface area (Å²) in [5.74, 6) is 0.0862. The van der Waals surface area contributed by atoms with Gasteiger partial charge in [0.25, 0.3) is 0 Å². The van der Waals surface area contributed by atoms with Gasteiger partial charge >= 0.3 is 0 Å². The number of anilines is 1. The Morgan fingerprint density at radius 3 is 2.23 bits per heavy atom. The van der Waals surface area contributed by atoms with E-state index in [-0.39, 0.29) is 23.9 Å². The lowest BCUT2D eigenvalue weighted by molar-refractivity contribution is 0.101. The Balaban J connectivity index is 2.03. The molecule has 0 aliphatic carbocycles. The molecule has 0 unspecified atom stereocenters. The van der Waals surface area contributed by atoms with Crippen molar-refractivity contribution in [2.45, 2.75) is 20.3 Å². The summed E-state index contributed by atoms with van der Waals surface area (Å²) in [4.78, 5) is 11.4. The van der Waals surface area contributed by atoms with Gasteiger partial charge in [0.15, 0.2) is 5.78 Å². The zero-order valence-electron chi connectivity index (χ0n) is 14.8. The van der Waals surface area contributed by atoms with E-state index in [1.54, 1.807) is 31.2 Å². The van der Waals surface area contributed by atoms with Crippen molar-refractivity contribution >= 4 is 21.5 Å². The molecule has 2 aromatic rings. The van der Waals surface area contributed by atoms with Gasteiger partial charge in [-0.1, -0.05) is 0 Å². The number of nitrogens with zero attached hydrogens (tertiary/aromatic N) is 1. The monoisotopic (exact) mass is 379 g/mol. The Morgan fingerprint density at radius 2 is 1.69 bits per heavy atom. The molecule has 26 heavy (non-hydrogen) atoms. The van der Waals surface area contributed by atoms with Crippen LogP contribution in [-0.2, 0) is 10.0 Å². The van der Waals surface area contributed by atoms with E-state index in [1.165, 1.54) is 35.5 Å². The molecule has 0 saturated heterocycles. The lowest BCUT2D eigenvalue weighted by Gasteiger charge is -2.24. The van der Waals surface area contributed by atoms with Crippen molar-refractivity contribution in [1.82, 2.24) is 0 Å². The van der Waals surface area contributed by atoms with Crippen molar-refractivity contribution in [3.05, 3.63) is 59.9 Å². The van der Waals surface area contributed by atoms with Crippen LogP contribution in [-0.4, -0.2) is 33.1 Å². The summed E-state index contributed by atoms with van der Waals surface area (Å²) in [5, 5.41) is 0. The van der Waals surface area contributed by atoms with Crippen LogP contribution < -0.4 is 9.04 Å². The van der Waals surface area contributed by atoms with Gasteiger partial charge in [-0.15, -0.1) is 0 Å². The summed E-state index contributed by atoms with van der Waals surface area (Å²) in [6, 6.07) is 12.2. The van der Waals surface area contributed by atoms with Crippen LogP contribution in [0.25, 0.3) is 0 Å². The average molecular weight is 379 g/mol. The van der Waals surface area contributed by atoms with Crippen LogP contribution in [0.15, 0.2) is 48.5 Å². The van der Waals surface area contributed by atoms with Crippen molar-refractivity contribution in [2.24, 2.45) is 0 Å². The number of ketones is 1. The first kappa shape index (κ1) is 19.9. The molecule has 2 aromatic carbocycles. The van der Waals surface area contributed by atoms with E-state index in [0.29, 0.717) is 30.0 Å². The number of benzene rings is 2. The molecule has 0 aromatic heterocycles. The summed E-state index contributed by atoms with van der Waals surface area (Å²) >= 11 is 0. The molecule has 0 atom stereocenters. The number of Topliss-reactive ketones (excluding diaryl/α,β-unsaturated/α-hetero) is 1. The highest BCUT2D eigenvalue weighted by Gasteiger charge is 2.20. The first-order valence-electron chi connectivity index (χ1n) is 8.33. The summed E-state index contributed by atoms with van der Waals surface area (Å²) in [7, 11) is -3.45. The zero-order valence-corrected chi connectivity index (χ0v) is 15.6. The molecule has 2 rings (SSSR count). The smallest absolute Gasteiger partial charge is 0.234 e. The third-order valence-corrected chi connectivity index (χ3v) is 5.64. The normalized spacial score (nSPS) is 11.2. The largest absolute Gasteiger partial charge is 0.494 e. The molecule has 0 fully saturated rings. The Hall–Kier alpha value is -2.41. The van der Waals surface area contributed by atoms with Crippen LogP contribution in [0.4, 0.5) is 10.1 Å². The van der Waals surface area contributed by atoms with Crippen LogP contribution in [0.1, 0.15) is 30.6 Å². The molecule has 5 nitrogen and oxygen atoms in total. The van der Waals surface area contributed by atoms with Gasteiger partial charge in [-0.3, -0.25) is 9.10 Å². The minimum Gasteiger partial charge on any atom is -0.494 e. The highest BCUT2D eigenvalue weighted by Crippen LogP contribution is 2.20. The minimum absolute atomic E-state index is 0.0275. The second-order valence-corrected chi connectivity index (χ2v) is 7.91. The number of halogens is 1. The number of carbonyl (C=O) groups is 1. The number of sulfonamides is 1. The Bertz CT molecular complexity index is 833. The molecule has 0 amide bonds. The predicted octanol–water partition coefficient (Wildman–Crippen LogP) is 3.65. The van der Waals surface area contributed by atoms with Gasteiger partial charge in [-0.05, 0) is 62.4 Å². The molecule has 7 heteroatoms. The van der Waals surface area contributed by atoms with Crippen LogP contribution in [0.5, 0.6) is 5.75 Å².